The summed E-state index contributed by atoms with van der Waals surface area (Å²) in [6.45, 7) is 4.20. The Morgan fingerprint density at radius 2 is 1.88 bits per heavy atom. The molecule has 0 aromatic carbocycles. The minimum absolute atomic E-state index is 0.351. The van der Waals surface area contributed by atoms with E-state index in [-0.39, 0.29) is 6.67 Å². The van der Waals surface area contributed by atoms with Crippen molar-refractivity contribution in [3.8, 4) is 22.6 Å². The molecule has 0 saturated heterocycles. The van der Waals surface area contributed by atoms with E-state index >= 15 is 0 Å². The molecule has 0 atom stereocenters. The zero-order valence-corrected chi connectivity index (χ0v) is 15.2. The van der Waals surface area contributed by atoms with E-state index in [9.17, 15) is 4.39 Å². The largest absolute Gasteiger partial charge is 0.284 e. The molecule has 4 aromatic rings. The molecule has 26 heavy (non-hydrogen) atoms. The topological polar surface area (TPSA) is 65.8 Å². The number of nitrogens with zero attached hydrogens (tertiary/aromatic N) is 7. The van der Waals surface area contributed by atoms with Gasteiger partial charge in [0.15, 0.2) is 0 Å². The highest BCUT2D eigenvalue weighted by molar-refractivity contribution is 5.68. The molecule has 0 unspecified atom stereocenters. The van der Waals surface area contributed by atoms with E-state index in [1.54, 1.807) is 28.0 Å². The quantitative estimate of drug-likeness (QED) is 0.550. The van der Waals surface area contributed by atoms with Crippen LogP contribution in [-0.2, 0) is 13.6 Å². The molecule has 0 aliphatic carbocycles. The summed E-state index contributed by atoms with van der Waals surface area (Å²) >= 11 is 0. The first-order valence-corrected chi connectivity index (χ1v) is 8.66. The molecule has 4 heterocycles. The fourth-order valence-electron chi connectivity index (χ4n) is 2.65. The smallest absolute Gasteiger partial charge is 0.149 e. The van der Waals surface area contributed by atoms with Crippen LogP contribution in [0.5, 0.6) is 0 Å². The molecule has 0 bridgehead atoms. The summed E-state index contributed by atoms with van der Waals surface area (Å²) in [6.07, 6.45) is 11.4. The van der Waals surface area contributed by atoms with Crippen molar-refractivity contribution in [2.24, 2.45) is 7.05 Å². The van der Waals surface area contributed by atoms with Gasteiger partial charge in [-0.25, -0.2) is 9.97 Å². The van der Waals surface area contributed by atoms with E-state index in [0.29, 0.717) is 13.0 Å². The minimum atomic E-state index is -0.351. The van der Waals surface area contributed by atoms with Crippen LogP contribution in [0.2, 0.25) is 0 Å². The molecule has 136 valence electrons. The maximum absolute atomic E-state index is 12.3. The molecule has 0 amide bonds. The average Bonchev–Trinajstić information content (AvgIpc) is 3.41. The van der Waals surface area contributed by atoms with Crippen LogP contribution in [0.3, 0.4) is 0 Å². The van der Waals surface area contributed by atoms with Crippen molar-refractivity contribution in [3.63, 3.8) is 0 Å². The van der Waals surface area contributed by atoms with Gasteiger partial charge >= 0.3 is 0 Å². The van der Waals surface area contributed by atoms with Crippen molar-refractivity contribution in [2.45, 2.75) is 26.8 Å². The van der Waals surface area contributed by atoms with E-state index in [1.165, 1.54) is 0 Å². The monoisotopic (exact) mass is 355 g/mol. The third-order valence-electron chi connectivity index (χ3n) is 3.80. The maximum Gasteiger partial charge on any atom is 0.149 e. The van der Waals surface area contributed by atoms with E-state index in [1.807, 2.05) is 50.0 Å². The molecule has 7 nitrogen and oxygen atoms in total. The Morgan fingerprint density at radius 1 is 1.08 bits per heavy atom. The number of aromatic nitrogens is 7. The minimum Gasteiger partial charge on any atom is -0.284 e. The van der Waals surface area contributed by atoms with Gasteiger partial charge in [-0.3, -0.25) is 18.2 Å². The highest BCUT2D eigenvalue weighted by atomic mass is 19.1. The predicted octanol–water partition coefficient (Wildman–Crippen LogP) is 3.38. The highest BCUT2D eigenvalue weighted by Gasteiger charge is 2.13. The molecule has 0 aliphatic heterocycles. The van der Waals surface area contributed by atoms with Gasteiger partial charge in [-0.05, 0) is 6.42 Å². The maximum atomic E-state index is 12.3. The second-order valence-electron chi connectivity index (χ2n) is 5.56. The van der Waals surface area contributed by atoms with E-state index < -0.39 is 0 Å². The molecule has 4 rings (SSSR count). The Bertz CT molecular complexity index is 982. The number of fused-ring (bicyclic) bond motifs is 1. The lowest BCUT2D eigenvalue weighted by Gasteiger charge is -2.05. The van der Waals surface area contributed by atoms with Gasteiger partial charge in [0.1, 0.15) is 11.5 Å². The lowest BCUT2D eigenvalue weighted by molar-refractivity contribution is 0.435. The number of aryl methyl sites for hydroxylation is 2. The van der Waals surface area contributed by atoms with Crippen molar-refractivity contribution in [1.82, 2.24) is 33.9 Å². The van der Waals surface area contributed by atoms with Crippen molar-refractivity contribution >= 4 is 5.65 Å². The number of alkyl halides is 1. The van der Waals surface area contributed by atoms with Crippen LogP contribution < -0.4 is 0 Å². The Kier molecular flexibility index (Phi) is 5.40. The number of rotatable bonds is 5. The third-order valence-corrected chi connectivity index (χ3v) is 3.80. The van der Waals surface area contributed by atoms with Gasteiger partial charge in [0.05, 0.1) is 30.3 Å². The van der Waals surface area contributed by atoms with Crippen molar-refractivity contribution in [3.05, 3.63) is 43.2 Å². The summed E-state index contributed by atoms with van der Waals surface area (Å²) in [5, 5.41) is 8.49. The first-order valence-electron chi connectivity index (χ1n) is 8.66. The summed E-state index contributed by atoms with van der Waals surface area (Å²) in [7, 11) is 1.87. The first kappa shape index (κ1) is 17.8. The molecule has 0 aliphatic rings. The van der Waals surface area contributed by atoms with Crippen LogP contribution in [0.4, 0.5) is 4.39 Å². The fraction of sp³-hybridized carbons (Fsp3) is 0.333. The standard InChI is InChI=1S/C16H16FN7.C2H6/c1-22-10-12(8-19-22)14-7-15-18-4-6-24(15)16(21-14)13-9-20-23(11-13)5-2-3-17;1-2/h4,6-11H,2-3,5H2,1H3;1-2H3. The van der Waals surface area contributed by atoms with Crippen LogP contribution >= 0.6 is 0 Å². The van der Waals surface area contributed by atoms with E-state index in [4.69, 9.17) is 4.98 Å². The van der Waals surface area contributed by atoms with Gasteiger partial charge in [-0.15, -0.1) is 0 Å². The molecular formula is C18H22FN7. The van der Waals surface area contributed by atoms with Gasteiger partial charge in [0.2, 0.25) is 0 Å². The molecule has 0 fully saturated rings. The number of hydrogen-bond donors (Lipinski definition) is 0. The summed E-state index contributed by atoms with van der Waals surface area (Å²) in [5.41, 5.74) is 3.39. The molecule has 0 N–H and O–H groups in total. The lowest BCUT2D eigenvalue weighted by atomic mass is 10.2. The highest BCUT2D eigenvalue weighted by Crippen LogP contribution is 2.24. The van der Waals surface area contributed by atoms with Crippen molar-refractivity contribution < 1.29 is 4.39 Å². The van der Waals surface area contributed by atoms with E-state index in [2.05, 4.69) is 15.2 Å². The summed E-state index contributed by atoms with van der Waals surface area (Å²) in [4.78, 5) is 9.14. The Morgan fingerprint density at radius 3 is 2.62 bits per heavy atom. The normalized spacial score (nSPS) is 10.8. The van der Waals surface area contributed by atoms with Gasteiger partial charge in [0.25, 0.3) is 0 Å². The van der Waals surface area contributed by atoms with Gasteiger partial charge in [-0.2, -0.15) is 10.2 Å². The molecular weight excluding hydrogens is 333 g/mol. The second kappa shape index (κ2) is 7.90. The van der Waals surface area contributed by atoms with Crippen LogP contribution in [0.15, 0.2) is 43.2 Å². The van der Waals surface area contributed by atoms with Crippen LogP contribution in [0, 0.1) is 0 Å². The van der Waals surface area contributed by atoms with Gasteiger partial charge in [-0.1, -0.05) is 13.8 Å². The predicted molar refractivity (Wildman–Crippen MR) is 98.4 cm³/mol. The summed E-state index contributed by atoms with van der Waals surface area (Å²) < 4.78 is 17.7. The molecule has 0 radical (unpaired) electrons. The van der Waals surface area contributed by atoms with Gasteiger partial charge < -0.3 is 0 Å². The molecule has 8 heteroatoms. The Hall–Kier alpha value is -3.03. The van der Waals surface area contributed by atoms with Crippen LogP contribution in [-0.4, -0.2) is 40.6 Å². The number of halogens is 1. The molecule has 4 aromatic heterocycles. The Balaban J connectivity index is 0.000000948. The first-order chi connectivity index (χ1) is 12.7. The zero-order chi connectivity index (χ0) is 18.5. The fourth-order valence-corrected chi connectivity index (χ4v) is 2.65. The SMILES string of the molecule is CC.Cn1cc(-c2cc3nccn3c(-c3cnn(CCCF)c3)n2)cn1. The van der Waals surface area contributed by atoms with Crippen LogP contribution in [0.1, 0.15) is 20.3 Å². The van der Waals surface area contributed by atoms with Gasteiger partial charge in [0, 0.05) is 50.0 Å². The number of hydrogen-bond acceptors (Lipinski definition) is 4. The number of imidazole rings is 1. The zero-order valence-electron chi connectivity index (χ0n) is 15.2. The Labute approximate surface area is 151 Å². The van der Waals surface area contributed by atoms with Crippen molar-refractivity contribution in [2.75, 3.05) is 6.67 Å². The third kappa shape index (κ3) is 3.49. The van der Waals surface area contributed by atoms with Crippen molar-refractivity contribution in [1.29, 1.82) is 0 Å². The van der Waals surface area contributed by atoms with E-state index in [0.717, 1.165) is 28.3 Å². The molecule has 0 spiro atoms. The summed E-state index contributed by atoms with van der Waals surface area (Å²) in [6, 6.07) is 1.92. The average molecular weight is 355 g/mol. The lowest BCUT2D eigenvalue weighted by Crippen LogP contribution is -1.99. The molecule has 0 saturated carbocycles. The van der Waals surface area contributed by atoms with Crippen LogP contribution in [0.25, 0.3) is 28.3 Å². The second-order valence-corrected chi connectivity index (χ2v) is 5.56. The summed E-state index contributed by atoms with van der Waals surface area (Å²) in [5.74, 6) is 0.746.